The Bertz CT molecular complexity index is 940. The molecule has 0 spiro atoms. The number of carbonyl (C=O) groups excluding carboxylic acids is 2. The number of likely N-dealkylation sites (tertiary alicyclic amines) is 1. The van der Waals surface area contributed by atoms with E-state index in [9.17, 15) is 9.59 Å². The lowest BCUT2D eigenvalue weighted by Gasteiger charge is -2.21. The van der Waals surface area contributed by atoms with Crippen LogP contribution in [0.15, 0.2) is 79.4 Å². The average Bonchev–Trinajstić information content (AvgIpc) is 3.07. The first kappa shape index (κ1) is 28.5. The van der Waals surface area contributed by atoms with Crippen LogP contribution in [-0.4, -0.2) is 29.8 Å². The molecule has 1 heterocycles. The van der Waals surface area contributed by atoms with Crippen LogP contribution in [0.4, 0.5) is 0 Å². The van der Waals surface area contributed by atoms with E-state index in [1.54, 1.807) is 13.0 Å². The van der Waals surface area contributed by atoms with Crippen LogP contribution in [0.5, 0.6) is 0 Å². The van der Waals surface area contributed by atoms with Crippen molar-refractivity contribution in [3.8, 4) is 12.3 Å². The predicted molar refractivity (Wildman–Crippen MR) is 142 cm³/mol. The maximum absolute atomic E-state index is 12.7. The highest BCUT2D eigenvalue weighted by atomic mass is 16.2. The van der Waals surface area contributed by atoms with Crippen molar-refractivity contribution in [2.75, 3.05) is 13.1 Å². The monoisotopic (exact) mass is 458 g/mol. The van der Waals surface area contributed by atoms with Crippen molar-refractivity contribution in [1.29, 1.82) is 0 Å². The third kappa shape index (κ3) is 11.3. The lowest BCUT2D eigenvalue weighted by atomic mass is 10.1. The van der Waals surface area contributed by atoms with Gasteiger partial charge in [0.1, 0.15) is 0 Å². The predicted octanol–water partition coefficient (Wildman–Crippen LogP) is 5.95. The Hall–Kier alpha value is -3.58. The van der Waals surface area contributed by atoms with E-state index in [1.807, 2.05) is 66.4 Å². The molecule has 0 radical (unpaired) electrons. The van der Waals surface area contributed by atoms with Gasteiger partial charge >= 0.3 is 0 Å². The molecular weight excluding hydrogens is 420 g/mol. The number of allylic oxidation sites excluding steroid dienone is 1. The van der Waals surface area contributed by atoms with Gasteiger partial charge in [0, 0.05) is 31.6 Å². The quantitative estimate of drug-likeness (QED) is 0.430. The number of nitrogens with zero attached hydrogens (tertiary/aromatic N) is 1. The second kappa shape index (κ2) is 17.0. The molecule has 2 amide bonds. The van der Waals surface area contributed by atoms with Gasteiger partial charge in [0.05, 0.1) is 0 Å². The molecule has 1 saturated heterocycles. The van der Waals surface area contributed by atoms with Gasteiger partial charge in [-0.1, -0.05) is 60.7 Å². The van der Waals surface area contributed by atoms with Crippen molar-refractivity contribution < 1.29 is 9.59 Å². The summed E-state index contributed by atoms with van der Waals surface area (Å²) >= 11 is 0. The highest BCUT2D eigenvalue weighted by Crippen LogP contribution is 2.17. The SMILES string of the molecule is C#CC.C=C1CCCCN(C(=O)c2ccc(CCC(=O)NCc3ccccc3)cc2)C1.C=CC. The van der Waals surface area contributed by atoms with Crippen molar-refractivity contribution in [2.24, 2.45) is 0 Å². The number of benzene rings is 2. The van der Waals surface area contributed by atoms with Crippen molar-refractivity contribution >= 4 is 11.8 Å². The van der Waals surface area contributed by atoms with E-state index < -0.39 is 0 Å². The summed E-state index contributed by atoms with van der Waals surface area (Å²) in [7, 11) is 0. The molecule has 2 aromatic rings. The van der Waals surface area contributed by atoms with Crippen LogP contribution in [0, 0.1) is 12.3 Å². The molecule has 4 nitrogen and oxygen atoms in total. The summed E-state index contributed by atoms with van der Waals surface area (Å²) in [4.78, 5) is 26.7. The average molecular weight is 459 g/mol. The molecule has 4 heteroatoms. The van der Waals surface area contributed by atoms with Crippen LogP contribution in [0.3, 0.4) is 0 Å². The fourth-order valence-corrected chi connectivity index (χ4v) is 3.42. The van der Waals surface area contributed by atoms with E-state index in [0.717, 1.165) is 42.5 Å². The Morgan fingerprint density at radius 1 is 1.09 bits per heavy atom. The van der Waals surface area contributed by atoms with Gasteiger partial charge in [-0.05, 0) is 62.8 Å². The molecule has 1 aliphatic rings. The lowest BCUT2D eigenvalue weighted by molar-refractivity contribution is -0.121. The van der Waals surface area contributed by atoms with Gasteiger partial charge in [-0.15, -0.1) is 18.9 Å². The Kier molecular flexibility index (Phi) is 14.2. The first-order valence-electron chi connectivity index (χ1n) is 11.7. The van der Waals surface area contributed by atoms with Gasteiger partial charge in [-0.2, -0.15) is 0 Å². The molecule has 2 aromatic carbocycles. The first-order chi connectivity index (χ1) is 16.4. The summed E-state index contributed by atoms with van der Waals surface area (Å²) < 4.78 is 0. The van der Waals surface area contributed by atoms with E-state index in [4.69, 9.17) is 0 Å². The number of rotatable bonds is 6. The minimum atomic E-state index is 0.0343. The van der Waals surface area contributed by atoms with E-state index in [2.05, 4.69) is 30.8 Å². The normalized spacial score (nSPS) is 12.5. The molecule has 0 bridgehead atoms. The zero-order valence-electron chi connectivity index (χ0n) is 20.7. The summed E-state index contributed by atoms with van der Waals surface area (Å²) in [6.07, 6.45) is 10.6. The summed E-state index contributed by atoms with van der Waals surface area (Å²) in [5.74, 6) is 2.35. The van der Waals surface area contributed by atoms with E-state index in [1.165, 1.54) is 0 Å². The van der Waals surface area contributed by atoms with Crippen molar-refractivity contribution in [3.05, 3.63) is 96.1 Å². The summed E-state index contributed by atoms with van der Waals surface area (Å²) in [5, 5.41) is 2.94. The number of amides is 2. The number of nitrogens with one attached hydrogen (secondary N) is 1. The van der Waals surface area contributed by atoms with Crippen LogP contribution in [0.2, 0.25) is 0 Å². The Balaban J connectivity index is 0.000000872. The third-order valence-corrected chi connectivity index (χ3v) is 5.08. The molecule has 0 unspecified atom stereocenters. The largest absolute Gasteiger partial charge is 0.352 e. The lowest BCUT2D eigenvalue weighted by Crippen LogP contribution is -2.32. The minimum absolute atomic E-state index is 0.0343. The fraction of sp³-hybridized carbons (Fsp3) is 0.333. The van der Waals surface area contributed by atoms with Crippen molar-refractivity contribution in [3.63, 3.8) is 0 Å². The third-order valence-electron chi connectivity index (χ3n) is 5.08. The molecule has 34 heavy (non-hydrogen) atoms. The van der Waals surface area contributed by atoms with Crippen LogP contribution < -0.4 is 5.32 Å². The number of terminal acetylenes is 1. The second-order valence-electron chi connectivity index (χ2n) is 8.09. The van der Waals surface area contributed by atoms with Gasteiger partial charge in [-0.25, -0.2) is 0 Å². The topological polar surface area (TPSA) is 49.4 Å². The molecule has 1 aliphatic heterocycles. The number of aryl methyl sites for hydroxylation is 1. The van der Waals surface area contributed by atoms with Crippen LogP contribution in [0.1, 0.15) is 61.0 Å². The van der Waals surface area contributed by atoms with Gasteiger partial charge in [0.2, 0.25) is 5.91 Å². The van der Waals surface area contributed by atoms with Crippen molar-refractivity contribution in [2.45, 2.75) is 52.5 Å². The van der Waals surface area contributed by atoms with Crippen LogP contribution >= 0.6 is 0 Å². The highest BCUT2D eigenvalue weighted by Gasteiger charge is 2.18. The number of hydrogen-bond acceptors (Lipinski definition) is 2. The molecule has 0 atom stereocenters. The molecule has 0 aliphatic carbocycles. The zero-order chi connectivity index (χ0) is 25.2. The van der Waals surface area contributed by atoms with Gasteiger partial charge in [0.25, 0.3) is 5.91 Å². The standard InChI is InChI=1S/C24H28N2O2.C3H6.C3H4/c1-19-7-5-6-16-26(18-19)24(28)22-13-10-20(11-14-22)12-15-23(27)25-17-21-8-3-2-4-9-21;2*1-3-2/h2-4,8-11,13-14H,1,5-7,12,15-18H2,(H,25,27);3H,1H2,2H3;1H,2H3. The summed E-state index contributed by atoms with van der Waals surface area (Å²) in [5.41, 5.74) is 3.98. The Morgan fingerprint density at radius 2 is 1.71 bits per heavy atom. The van der Waals surface area contributed by atoms with Crippen LogP contribution in [0.25, 0.3) is 0 Å². The smallest absolute Gasteiger partial charge is 0.254 e. The second-order valence-corrected chi connectivity index (χ2v) is 8.09. The Morgan fingerprint density at radius 3 is 2.32 bits per heavy atom. The van der Waals surface area contributed by atoms with Gasteiger partial charge in [-0.3, -0.25) is 9.59 Å². The maximum Gasteiger partial charge on any atom is 0.254 e. The Labute approximate surface area is 205 Å². The summed E-state index contributed by atoms with van der Waals surface area (Å²) in [6.45, 7) is 13.0. The maximum atomic E-state index is 12.7. The van der Waals surface area contributed by atoms with E-state index >= 15 is 0 Å². The van der Waals surface area contributed by atoms with Gasteiger partial charge in [0.15, 0.2) is 0 Å². The molecular formula is C30H38N2O2. The van der Waals surface area contributed by atoms with Crippen LogP contribution in [-0.2, 0) is 17.8 Å². The molecule has 0 saturated carbocycles. The molecule has 3 rings (SSSR count). The zero-order valence-corrected chi connectivity index (χ0v) is 20.7. The minimum Gasteiger partial charge on any atom is -0.352 e. The molecule has 1 fully saturated rings. The molecule has 1 N–H and O–H groups in total. The van der Waals surface area contributed by atoms with E-state index in [0.29, 0.717) is 31.5 Å². The number of hydrogen-bond donors (Lipinski definition) is 1. The van der Waals surface area contributed by atoms with Gasteiger partial charge < -0.3 is 10.2 Å². The highest BCUT2D eigenvalue weighted by molar-refractivity contribution is 5.94. The summed E-state index contributed by atoms with van der Waals surface area (Å²) in [6, 6.07) is 17.5. The number of carbonyl (C=O) groups is 2. The molecule has 0 aromatic heterocycles. The van der Waals surface area contributed by atoms with Crippen molar-refractivity contribution in [1.82, 2.24) is 10.2 Å². The van der Waals surface area contributed by atoms with E-state index in [-0.39, 0.29) is 11.8 Å². The first-order valence-corrected chi connectivity index (χ1v) is 11.7. The molecule has 180 valence electrons. The fourth-order valence-electron chi connectivity index (χ4n) is 3.42.